The van der Waals surface area contributed by atoms with Gasteiger partial charge in [-0.3, -0.25) is 0 Å². The molecule has 158 valence electrons. The maximum absolute atomic E-state index is 5.54. The number of anilines is 2. The summed E-state index contributed by atoms with van der Waals surface area (Å²) in [6.07, 6.45) is 6.85. The fourth-order valence-electron chi connectivity index (χ4n) is 3.48. The van der Waals surface area contributed by atoms with E-state index in [1.165, 1.54) is 0 Å². The molecule has 1 aliphatic rings. The molecule has 0 atom stereocenters. The van der Waals surface area contributed by atoms with Crippen LogP contribution in [-0.2, 0) is 11.3 Å². The highest BCUT2D eigenvalue weighted by Gasteiger charge is 2.19. The SMILES string of the molecule is Cc1occc1-c1nc(NCc2ccco2)ncc1-c1ccnc(N2CCOCC2)n1. The molecule has 0 aromatic carbocycles. The van der Waals surface area contributed by atoms with Gasteiger partial charge in [-0.05, 0) is 31.2 Å². The number of aryl methyl sites for hydroxylation is 1. The largest absolute Gasteiger partial charge is 0.469 e. The van der Waals surface area contributed by atoms with Crippen molar-refractivity contribution in [3.8, 4) is 22.5 Å². The number of nitrogens with one attached hydrogen (secondary N) is 1. The van der Waals surface area contributed by atoms with Crippen molar-refractivity contribution in [2.24, 2.45) is 0 Å². The first-order valence-corrected chi connectivity index (χ1v) is 10.1. The molecule has 1 fully saturated rings. The van der Waals surface area contributed by atoms with E-state index in [9.17, 15) is 0 Å². The van der Waals surface area contributed by atoms with Crippen molar-refractivity contribution in [1.29, 1.82) is 0 Å². The molecule has 4 aromatic heterocycles. The van der Waals surface area contributed by atoms with Crippen molar-refractivity contribution < 1.29 is 13.6 Å². The van der Waals surface area contributed by atoms with Crippen molar-refractivity contribution in [1.82, 2.24) is 19.9 Å². The lowest BCUT2D eigenvalue weighted by Crippen LogP contribution is -2.37. The van der Waals surface area contributed by atoms with Crippen LogP contribution in [0.4, 0.5) is 11.9 Å². The van der Waals surface area contributed by atoms with Gasteiger partial charge in [0.2, 0.25) is 11.9 Å². The van der Waals surface area contributed by atoms with Crippen molar-refractivity contribution in [3.63, 3.8) is 0 Å². The maximum atomic E-state index is 5.54. The van der Waals surface area contributed by atoms with Gasteiger partial charge in [-0.15, -0.1) is 0 Å². The van der Waals surface area contributed by atoms with E-state index in [0.29, 0.717) is 31.7 Å². The average molecular weight is 418 g/mol. The molecule has 1 aliphatic heterocycles. The number of rotatable bonds is 6. The van der Waals surface area contributed by atoms with Gasteiger partial charge in [0.15, 0.2) is 0 Å². The topological polar surface area (TPSA) is 102 Å². The number of aromatic nitrogens is 4. The van der Waals surface area contributed by atoms with Crippen molar-refractivity contribution in [2.75, 3.05) is 36.5 Å². The van der Waals surface area contributed by atoms with Crippen LogP contribution < -0.4 is 10.2 Å². The van der Waals surface area contributed by atoms with E-state index < -0.39 is 0 Å². The van der Waals surface area contributed by atoms with Crippen LogP contribution in [0.1, 0.15) is 11.5 Å². The van der Waals surface area contributed by atoms with Crippen LogP contribution in [-0.4, -0.2) is 46.2 Å². The van der Waals surface area contributed by atoms with Crippen LogP contribution >= 0.6 is 0 Å². The number of ether oxygens (including phenoxy) is 1. The molecule has 0 radical (unpaired) electrons. The third-order valence-corrected chi connectivity index (χ3v) is 5.12. The van der Waals surface area contributed by atoms with E-state index in [-0.39, 0.29) is 0 Å². The highest BCUT2D eigenvalue weighted by atomic mass is 16.5. The first kappa shape index (κ1) is 19.3. The standard InChI is InChI=1S/C22H22N6O3/c1-15-17(5-10-30-15)20-18(14-25-21(27-20)24-13-16-3-2-9-31-16)19-4-6-23-22(26-19)28-7-11-29-12-8-28/h2-6,9-10,14H,7-8,11-13H2,1H3,(H,24,25,27). The summed E-state index contributed by atoms with van der Waals surface area (Å²) < 4.78 is 16.4. The van der Waals surface area contributed by atoms with E-state index in [0.717, 1.165) is 47.1 Å². The predicted octanol–water partition coefficient (Wildman–Crippen LogP) is 3.54. The minimum Gasteiger partial charge on any atom is -0.469 e. The number of hydrogen-bond donors (Lipinski definition) is 1. The Bertz CT molecular complexity index is 1150. The van der Waals surface area contributed by atoms with Crippen LogP contribution in [0.5, 0.6) is 0 Å². The van der Waals surface area contributed by atoms with E-state index >= 15 is 0 Å². The second-order valence-electron chi connectivity index (χ2n) is 7.12. The van der Waals surface area contributed by atoms with E-state index in [1.807, 2.05) is 31.2 Å². The van der Waals surface area contributed by atoms with Gasteiger partial charge in [-0.1, -0.05) is 0 Å². The van der Waals surface area contributed by atoms with Gasteiger partial charge in [0, 0.05) is 36.6 Å². The predicted molar refractivity (Wildman–Crippen MR) is 115 cm³/mol. The van der Waals surface area contributed by atoms with Gasteiger partial charge in [-0.25, -0.2) is 19.9 Å². The Labute approximate surface area is 179 Å². The van der Waals surface area contributed by atoms with Gasteiger partial charge >= 0.3 is 0 Å². The molecular formula is C22H22N6O3. The monoisotopic (exact) mass is 418 g/mol. The Morgan fingerprint density at radius 1 is 1.00 bits per heavy atom. The lowest BCUT2D eigenvalue weighted by Gasteiger charge is -2.26. The molecule has 0 bridgehead atoms. The summed E-state index contributed by atoms with van der Waals surface area (Å²) in [4.78, 5) is 20.7. The molecule has 9 heteroatoms. The summed E-state index contributed by atoms with van der Waals surface area (Å²) in [5.74, 6) is 2.76. The molecule has 0 saturated carbocycles. The number of nitrogens with zero attached hydrogens (tertiary/aromatic N) is 5. The Morgan fingerprint density at radius 2 is 1.90 bits per heavy atom. The molecule has 0 unspecified atom stereocenters. The highest BCUT2D eigenvalue weighted by Crippen LogP contribution is 2.33. The number of hydrogen-bond acceptors (Lipinski definition) is 9. The Hall–Kier alpha value is -3.72. The summed E-state index contributed by atoms with van der Waals surface area (Å²) in [7, 11) is 0. The van der Waals surface area contributed by atoms with Crippen LogP contribution in [0.15, 0.2) is 58.0 Å². The molecule has 5 rings (SSSR count). The van der Waals surface area contributed by atoms with Crippen molar-refractivity contribution in [3.05, 3.63) is 60.7 Å². The smallest absolute Gasteiger partial charge is 0.226 e. The molecule has 4 aromatic rings. The molecule has 31 heavy (non-hydrogen) atoms. The molecular weight excluding hydrogens is 396 g/mol. The Kier molecular flexibility index (Phi) is 5.32. The fourth-order valence-corrected chi connectivity index (χ4v) is 3.48. The fraction of sp³-hybridized carbons (Fsp3) is 0.273. The molecule has 0 aliphatic carbocycles. The lowest BCUT2D eigenvalue weighted by molar-refractivity contribution is 0.122. The zero-order chi connectivity index (χ0) is 21.0. The molecule has 1 saturated heterocycles. The van der Waals surface area contributed by atoms with Gasteiger partial charge in [0.05, 0.1) is 43.7 Å². The summed E-state index contributed by atoms with van der Waals surface area (Å²) >= 11 is 0. The van der Waals surface area contributed by atoms with Gasteiger partial charge < -0.3 is 23.8 Å². The average Bonchev–Trinajstić information content (AvgIpc) is 3.50. The Balaban J connectivity index is 1.51. The minimum absolute atomic E-state index is 0.491. The van der Waals surface area contributed by atoms with Gasteiger partial charge in [-0.2, -0.15) is 0 Å². The quantitative estimate of drug-likeness (QED) is 0.503. The second-order valence-corrected chi connectivity index (χ2v) is 7.12. The normalized spacial score (nSPS) is 14.0. The summed E-state index contributed by atoms with van der Waals surface area (Å²) in [6, 6.07) is 7.53. The van der Waals surface area contributed by atoms with Crippen molar-refractivity contribution in [2.45, 2.75) is 13.5 Å². The minimum atomic E-state index is 0.491. The molecule has 5 heterocycles. The molecule has 0 amide bonds. The summed E-state index contributed by atoms with van der Waals surface area (Å²) in [5.41, 5.74) is 3.20. The molecule has 9 nitrogen and oxygen atoms in total. The van der Waals surface area contributed by atoms with Gasteiger partial charge in [0.25, 0.3) is 0 Å². The molecule has 1 N–H and O–H groups in total. The first-order valence-electron chi connectivity index (χ1n) is 10.1. The van der Waals surface area contributed by atoms with E-state index in [1.54, 1.807) is 24.9 Å². The Morgan fingerprint density at radius 3 is 2.68 bits per heavy atom. The molecule has 0 spiro atoms. The lowest BCUT2D eigenvalue weighted by atomic mass is 10.1. The summed E-state index contributed by atoms with van der Waals surface area (Å²) in [6.45, 7) is 5.28. The second kappa shape index (κ2) is 8.57. The zero-order valence-electron chi connectivity index (χ0n) is 17.1. The van der Waals surface area contributed by atoms with Crippen molar-refractivity contribution >= 4 is 11.9 Å². The van der Waals surface area contributed by atoms with Gasteiger partial charge in [0.1, 0.15) is 11.5 Å². The van der Waals surface area contributed by atoms with Crippen LogP contribution in [0.25, 0.3) is 22.5 Å². The third-order valence-electron chi connectivity index (χ3n) is 5.12. The first-order chi connectivity index (χ1) is 15.3. The van der Waals surface area contributed by atoms with Crippen LogP contribution in [0, 0.1) is 6.92 Å². The van der Waals surface area contributed by atoms with E-state index in [2.05, 4.69) is 20.2 Å². The number of furan rings is 2. The maximum Gasteiger partial charge on any atom is 0.226 e. The summed E-state index contributed by atoms with van der Waals surface area (Å²) in [5, 5.41) is 3.21. The van der Waals surface area contributed by atoms with Crippen LogP contribution in [0.3, 0.4) is 0 Å². The highest BCUT2D eigenvalue weighted by molar-refractivity contribution is 5.80. The van der Waals surface area contributed by atoms with Crippen LogP contribution in [0.2, 0.25) is 0 Å². The van der Waals surface area contributed by atoms with E-state index in [4.69, 9.17) is 23.5 Å². The third kappa shape index (κ3) is 4.13. The zero-order valence-corrected chi connectivity index (χ0v) is 17.1. The number of morpholine rings is 1.